The van der Waals surface area contributed by atoms with Crippen molar-refractivity contribution in [1.29, 1.82) is 0 Å². The number of nitrogens with one attached hydrogen (secondary N) is 2. The summed E-state index contributed by atoms with van der Waals surface area (Å²) in [7, 11) is 1.75. The molecule has 0 radical (unpaired) electrons. The first-order valence-electron chi connectivity index (χ1n) is 9.02. The zero-order chi connectivity index (χ0) is 17.3. The molecule has 0 aromatic rings. The van der Waals surface area contributed by atoms with Gasteiger partial charge in [-0.05, 0) is 65.2 Å². The average Bonchev–Trinajstić information content (AvgIpc) is 2.44. The van der Waals surface area contributed by atoms with Crippen LogP contribution in [0.4, 0.5) is 4.79 Å². The topological polar surface area (TPSA) is 59.6 Å². The Balaban J connectivity index is 2.21. The van der Waals surface area contributed by atoms with Gasteiger partial charge >= 0.3 is 6.09 Å². The van der Waals surface area contributed by atoms with E-state index >= 15 is 0 Å². The molecular weight excluding hydrogens is 292 g/mol. The maximum absolute atomic E-state index is 11.6. The van der Waals surface area contributed by atoms with Gasteiger partial charge in [-0.15, -0.1) is 0 Å². The highest BCUT2D eigenvalue weighted by atomic mass is 16.6. The van der Waals surface area contributed by atoms with Crippen LogP contribution in [0.3, 0.4) is 0 Å². The zero-order valence-electron chi connectivity index (χ0n) is 15.6. The number of methoxy groups -OCH3 is 1. The summed E-state index contributed by atoms with van der Waals surface area (Å²) in [6.07, 6.45) is 6.73. The second-order valence-electron chi connectivity index (χ2n) is 7.85. The normalized spacial score (nSPS) is 23.3. The fourth-order valence-electron chi connectivity index (χ4n) is 3.03. The Morgan fingerprint density at radius 1 is 1.22 bits per heavy atom. The highest BCUT2D eigenvalue weighted by molar-refractivity contribution is 5.67. The minimum absolute atomic E-state index is 0.338. The average molecular weight is 328 g/mol. The van der Waals surface area contributed by atoms with E-state index in [1.807, 2.05) is 20.8 Å². The van der Waals surface area contributed by atoms with Crippen molar-refractivity contribution >= 4 is 6.09 Å². The lowest BCUT2D eigenvalue weighted by atomic mass is 9.87. The third kappa shape index (κ3) is 9.82. The molecule has 2 N–H and O–H groups in total. The van der Waals surface area contributed by atoms with Crippen LogP contribution >= 0.6 is 0 Å². The molecule has 1 atom stereocenters. The number of carbonyl (C=O) groups excluding carboxylic acids is 1. The smallest absolute Gasteiger partial charge is 0.407 e. The Morgan fingerprint density at radius 3 is 2.43 bits per heavy atom. The molecule has 23 heavy (non-hydrogen) atoms. The highest BCUT2D eigenvalue weighted by Crippen LogP contribution is 2.24. The van der Waals surface area contributed by atoms with Crippen LogP contribution in [0.1, 0.15) is 66.2 Å². The highest BCUT2D eigenvalue weighted by Gasteiger charge is 2.21. The van der Waals surface area contributed by atoms with Gasteiger partial charge in [-0.3, -0.25) is 0 Å². The van der Waals surface area contributed by atoms with Crippen molar-refractivity contribution in [2.75, 3.05) is 20.3 Å². The number of amides is 1. The molecule has 1 aliphatic carbocycles. The summed E-state index contributed by atoms with van der Waals surface area (Å²) in [6.45, 7) is 9.31. The molecule has 1 unspecified atom stereocenters. The molecule has 0 saturated heterocycles. The molecule has 0 bridgehead atoms. The van der Waals surface area contributed by atoms with Crippen molar-refractivity contribution < 1.29 is 14.3 Å². The summed E-state index contributed by atoms with van der Waals surface area (Å²) in [6, 6.07) is 0.976. The molecule has 0 spiro atoms. The lowest BCUT2D eigenvalue weighted by Crippen LogP contribution is -2.43. The summed E-state index contributed by atoms with van der Waals surface area (Å²) in [4.78, 5) is 11.6. The van der Waals surface area contributed by atoms with Crippen molar-refractivity contribution in [1.82, 2.24) is 10.6 Å². The number of ether oxygens (including phenoxy) is 2. The summed E-state index contributed by atoms with van der Waals surface area (Å²) >= 11 is 0. The van der Waals surface area contributed by atoms with Gasteiger partial charge in [0, 0.05) is 25.7 Å². The second kappa shape index (κ2) is 10.1. The van der Waals surface area contributed by atoms with Gasteiger partial charge in [0.05, 0.1) is 6.61 Å². The molecule has 1 fully saturated rings. The standard InChI is InChI=1S/C18H36N2O3/c1-14-8-10-15(11-9-14)20-16(13-22-5)7-6-12-19-17(21)23-18(2,3)4/h14-16,20H,6-13H2,1-5H3,(H,19,21). The molecule has 5 heteroatoms. The molecule has 0 aliphatic heterocycles. The Kier molecular flexibility index (Phi) is 8.92. The van der Waals surface area contributed by atoms with Gasteiger partial charge in [-0.2, -0.15) is 0 Å². The van der Waals surface area contributed by atoms with E-state index in [0.29, 0.717) is 18.6 Å². The second-order valence-corrected chi connectivity index (χ2v) is 7.85. The van der Waals surface area contributed by atoms with Crippen LogP contribution in [-0.4, -0.2) is 44.0 Å². The van der Waals surface area contributed by atoms with Crippen molar-refractivity contribution in [3.8, 4) is 0 Å². The third-order valence-electron chi connectivity index (χ3n) is 4.25. The Morgan fingerprint density at radius 2 is 1.87 bits per heavy atom. The Hall–Kier alpha value is -0.810. The lowest BCUT2D eigenvalue weighted by Gasteiger charge is -2.31. The van der Waals surface area contributed by atoms with E-state index in [2.05, 4.69) is 17.6 Å². The van der Waals surface area contributed by atoms with Gasteiger partial charge in [0.1, 0.15) is 5.60 Å². The van der Waals surface area contributed by atoms with E-state index < -0.39 is 5.60 Å². The zero-order valence-corrected chi connectivity index (χ0v) is 15.6. The van der Waals surface area contributed by atoms with Crippen molar-refractivity contribution in [3.63, 3.8) is 0 Å². The molecule has 1 rings (SSSR count). The maximum atomic E-state index is 11.6. The predicted octanol–water partition coefficient (Wildman–Crippen LogP) is 3.47. The Bertz CT molecular complexity index is 334. The van der Waals surface area contributed by atoms with Gasteiger partial charge in [-0.1, -0.05) is 6.92 Å². The van der Waals surface area contributed by atoms with Gasteiger partial charge < -0.3 is 20.1 Å². The number of rotatable bonds is 8. The van der Waals surface area contributed by atoms with E-state index in [1.165, 1.54) is 25.7 Å². The SMILES string of the molecule is COCC(CCCNC(=O)OC(C)(C)C)NC1CCC(C)CC1. The van der Waals surface area contributed by atoms with Crippen LogP contribution in [-0.2, 0) is 9.47 Å². The van der Waals surface area contributed by atoms with Crippen molar-refractivity contribution in [2.24, 2.45) is 5.92 Å². The fraction of sp³-hybridized carbons (Fsp3) is 0.944. The molecule has 5 nitrogen and oxygen atoms in total. The van der Waals surface area contributed by atoms with Crippen LogP contribution in [0.15, 0.2) is 0 Å². The predicted molar refractivity (Wildman–Crippen MR) is 93.7 cm³/mol. The van der Waals surface area contributed by atoms with E-state index in [9.17, 15) is 4.79 Å². The summed E-state index contributed by atoms with van der Waals surface area (Å²) < 4.78 is 10.6. The first kappa shape index (κ1) is 20.2. The monoisotopic (exact) mass is 328 g/mol. The summed E-state index contributed by atoms with van der Waals surface area (Å²) in [5, 5.41) is 6.55. The number of hydrogen-bond acceptors (Lipinski definition) is 4. The van der Waals surface area contributed by atoms with Crippen molar-refractivity contribution in [3.05, 3.63) is 0 Å². The van der Waals surface area contributed by atoms with E-state index in [0.717, 1.165) is 25.4 Å². The quantitative estimate of drug-likeness (QED) is 0.670. The molecule has 0 aromatic carbocycles. The summed E-state index contributed by atoms with van der Waals surface area (Å²) in [5.41, 5.74) is -0.442. The first-order chi connectivity index (χ1) is 10.8. The van der Waals surface area contributed by atoms with Crippen molar-refractivity contribution in [2.45, 2.75) is 83.9 Å². The summed E-state index contributed by atoms with van der Waals surface area (Å²) in [5.74, 6) is 0.868. The number of hydrogen-bond donors (Lipinski definition) is 2. The van der Waals surface area contributed by atoms with Gasteiger partial charge in [0.2, 0.25) is 0 Å². The minimum Gasteiger partial charge on any atom is -0.444 e. The molecule has 0 heterocycles. The lowest BCUT2D eigenvalue weighted by molar-refractivity contribution is 0.0525. The van der Waals surface area contributed by atoms with E-state index in [4.69, 9.17) is 9.47 Å². The van der Waals surface area contributed by atoms with Gasteiger partial charge in [0.15, 0.2) is 0 Å². The Labute approximate surface area is 141 Å². The molecule has 136 valence electrons. The fourth-order valence-corrected chi connectivity index (χ4v) is 3.03. The molecular formula is C18H36N2O3. The van der Waals surface area contributed by atoms with Crippen LogP contribution in [0.2, 0.25) is 0 Å². The molecule has 1 amide bonds. The van der Waals surface area contributed by atoms with Gasteiger partial charge in [-0.25, -0.2) is 4.79 Å². The van der Waals surface area contributed by atoms with Crippen LogP contribution in [0.25, 0.3) is 0 Å². The molecule has 0 aromatic heterocycles. The number of carbonyl (C=O) groups is 1. The molecule has 1 saturated carbocycles. The van der Waals surface area contributed by atoms with Crippen LogP contribution in [0.5, 0.6) is 0 Å². The van der Waals surface area contributed by atoms with E-state index in [1.54, 1.807) is 7.11 Å². The number of alkyl carbamates (subject to hydrolysis) is 1. The van der Waals surface area contributed by atoms with Gasteiger partial charge in [0.25, 0.3) is 0 Å². The maximum Gasteiger partial charge on any atom is 0.407 e. The minimum atomic E-state index is -0.442. The van der Waals surface area contributed by atoms with E-state index in [-0.39, 0.29) is 6.09 Å². The van der Waals surface area contributed by atoms with Crippen LogP contribution < -0.4 is 10.6 Å². The largest absolute Gasteiger partial charge is 0.444 e. The first-order valence-corrected chi connectivity index (χ1v) is 9.02. The molecule has 1 aliphatic rings. The third-order valence-corrected chi connectivity index (χ3v) is 4.25. The van der Waals surface area contributed by atoms with Crippen LogP contribution in [0, 0.1) is 5.92 Å².